The van der Waals surface area contributed by atoms with Crippen LogP contribution in [0.1, 0.15) is 42.1 Å². The van der Waals surface area contributed by atoms with Gasteiger partial charge in [0.1, 0.15) is 11.4 Å². The molecule has 3 heteroatoms. The molecule has 2 N–H and O–H groups in total. The first kappa shape index (κ1) is 14.4. The minimum Gasteiger partial charge on any atom is -0.487 e. The summed E-state index contributed by atoms with van der Waals surface area (Å²) in [5.41, 5.74) is 10.7. The van der Waals surface area contributed by atoms with Gasteiger partial charge in [0, 0.05) is 11.4 Å². The fraction of sp³-hybridized carbons (Fsp3) is 0.333. The van der Waals surface area contributed by atoms with Gasteiger partial charge in [-0.05, 0) is 55.2 Å². The minimum atomic E-state index is -0.169. The van der Waals surface area contributed by atoms with E-state index in [2.05, 4.69) is 19.9 Å². The van der Waals surface area contributed by atoms with E-state index in [-0.39, 0.29) is 11.6 Å². The van der Waals surface area contributed by atoms with Crippen LogP contribution < -0.4 is 10.5 Å². The summed E-state index contributed by atoms with van der Waals surface area (Å²) in [5, 5.41) is 0.758. The van der Waals surface area contributed by atoms with Gasteiger partial charge in [0.2, 0.25) is 0 Å². The maximum absolute atomic E-state index is 6.40. The SMILES string of the molecule is Cc1ccc(C(N)c2ccc3c(c2)CC(C)(C)O3)cc1Cl. The molecule has 0 bridgehead atoms. The number of halogens is 1. The van der Waals surface area contributed by atoms with Crippen LogP contribution in [0.25, 0.3) is 0 Å². The smallest absolute Gasteiger partial charge is 0.123 e. The normalized spacial score (nSPS) is 17.2. The first-order valence-electron chi connectivity index (χ1n) is 7.19. The molecule has 0 saturated heterocycles. The summed E-state index contributed by atoms with van der Waals surface area (Å²) in [7, 11) is 0. The zero-order valence-electron chi connectivity index (χ0n) is 12.6. The number of hydrogen-bond donors (Lipinski definition) is 1. The van der Waals surface area contributed by atoms with E-state index in [9.17, 15) is 0 Å². The van der Waals surface area contributed by atoms with Gasteiger partial charge in [-0.25, -0.2) is 0 Å². The number of aryl methyl sites for hydroxylation is 1. The molecule has 0 fully saturated rings. The number of fused-ring (bicyclic) bond motifs is 1. The van der Waals surface area contributed by atoms with Gasteiger partial charge >= 0.3 is 0 Å². The zero-order chi connectivity index (χ0) is 15.2. The second-order valence-corrected chi connectivity index (χ2v) is 6.80. The molecule has 2 aromatic carbocycles. The standard InChI is InChI=1S/C18H20ClNO/c1-11-4-5-13(9-15(11)19)17(20)12-6-7-16-14(8-12)10-18(2,3)21-16/h4-9,17H,10,20H2,1-3H3. The fourth-order valence-corrected chi connectivity index (χ4v) is 3.01. The Bertz CT molecular complexity index is 694. The third-order valence-electron chi connectivity index (χ3n) is 4.00. The van der Waals surface area contributed by atoms with Crippen molar-refractivity contribution < 1.29 is 4.74 Å². The number of rotatable bonds is 2. The van der Waals surface area contributed by atoms with E-state index >= 15 is 0 Å². The monoisotopic (exact) mass is 301 g/mol. The highest BCUT2D eigenvalue weighted by Gasteiger charge is 2.30. The molecule has 21 heavy (non-hydrogen) atoms. The van der Waals surface area contributed by atoms with Crippen LogP contribution in [0.2, 0.25) is 5.02 Å². The average Bonchev–Trinajstić information content (AvgIpc) is 2.73. The second kappa shape index (κ2) is 5.04. The third kappa shape index (κ3) is 2.78. The van der Waals surface area contributed by atoms with Gasteiger partial charge in [0.15, 0.2) is 0 Å². The van der Waals surface area contributed by atoms with Gasteiger partial charge in [-0.2, -0.15) is 0 Å². The molecule has 2 aromatic rings. The topological polar surface area (TPSA) is 35.2 Å². The summed E-state index contributed by atoms with van der Waals surface area (Å²) < 4.78 is 5.91. The molecule has 0 aliphatic carbocycles. The van der Waals surface area contributed by atoms with Gasteiger partial charge in [0.05, 0.1) is 6.04 Å². The highest BCUT2D eigenvalue weighted by Crippen LogP contribution is 2.37. The molecular weight excluding hydrogens is 282 g/mol. The van der Waals surface area contributed by atoms with Crippen molar-refractivity contribution in [3.63, 3.8) is 0 Å². The Morgan fingerprint density at radius 3 is 2.52 bits per heavy atom. The first-order valence-corrected chi connectivity index (χ1v) is 7.57. The Labute approximate surface area is 130 Å². The summed E-state index contributed by atoms with van der Waals surface area (Å²) in [6.45, 7) is 6.20. The van der Waals surface area contributed by atoms with Crippen LogP contribution in [-0.4, -0.2) is 5.60 Å². The summed E-state index contributed by atoms with van der Waals surface area (Å²) in [6.07, 6.45) is 0.914. The summed E-state index contributed by atoms with van der Waals surface area (Å²) >= 11 is 6.20. The Balaban J connectivity index is 1.93. The Kier molecular flexibility index (Phi) is 3.46. The van der Waals surface area contributed by atoms with Gasteiger partial charge in [-0.3, -0.25) is 0 Å². The van der Waals surface area contributed by atoms with Crippen LogP contribution in [0.15, 0.2) is 36.4 Å². The van der Waals surface area contributed by atoms with Crippen molar-refractivity contribution in [1.29, 1.82) is 0 Å². The molecule has 0 aromatic heterocycles. The van der Waals surface area contributed by atoms with Crippen molar-refractivity contribution in [2.24, 2.45) is 5.73 Å². The van der Waals surface area contributed by atoms with E-state index in [1.165, 1.54) is 5.56 Å². The Morgan fingerprint density at radius 1 is 1.14 bits per heavy atom. The predicted octanol–water partition coefficient (Wildman–Crippen LogP) is 4.41. The maximum Gasteiger partial charge on any atom is 0.123 e. The lowest BCUT2D eigenvalue weighted by atomic mass is 9.94. The summed E-state index contributed by atoms with van der Waals surface area (Å²) in [4.78, 5) is 0. The van der Waals surface area contributed by atoms with Gasteiger partial charge < -0.3 is 10.5 Å². The molecule has 1 heterocycles. The Hall–Kier alpha value is -1.51. The van der Waals surface area contributed by atoms with Crippen LogP contribution in [0, 0.1) is 6.92 Å². The van der Waals surface area contributed by atoms with Crippen LogP contribution in [-0.2, 0) is 6.42 Å². The van der Waals surface area contributed by atoms with E-state index in [0.717, 1.165) is 33.9 Å². The molecule has 3 rings (SSSR count). The van der Waals surface area contributed by atoms with Gasteiger partial charge in [-0.1, -0.05) is 35.9 Å². The zero-order valence-corrected chi connectivity index (χ0v) is 13.4. The van der Waals surface area contributed by atoms with Crippen molar-refractivity contribution in [2.75, 3.05) is 0 Å². The summed E-state index contributed by atoms with van der Waals surface area (Å²) in [5.74, 6) is 0.970. The van der Waals surface area contributed by atoms with E-state index in [1.54, 1.807) is 0 Å². The molecule has 1 aliphatic rings. The molecule has 0 spiro atoms. The van der Waals surface area contributed by atoms with E-state index in [1.807, 2.05) is 37.3 Å². The van der Waals surface area contributed by atoms with Gasteiger partial charge in [0.25, 0.3) is 0 Å². The molecular formula is C18H20ClNO. The minimum absolute atomic E-state index is 0.127. The maximum atomic E-state index is 6.40. The van der Waals surface area contributed by atoms with Crippen LogP contribution in [0.4, 0.5) is 0 Å². The molecule has 1 unspecified atom stereocenters. The van der Waals surface area contributed by atoms with Crippen molar-refractivity contribution in [1.82, 2.24) is 0 Å². The van der Waals surface area contributed by atoms with Crippen molar-refractivity contribution in [3.8, 4) is 5.75 Å². The quantitative estimate of drug-likeness (QED) is 0.891. The predicted molar refractivity (Wildman–Crippen MR) is 87.1 cm³/mol. The third-order valence-corrected chi connectivity index (χ3v) is 4.41. The van der Waals surface area contributed by atoms with E-state index in [0.29, 0.717) is 0 Å². The number of benzene rings is 2. The van der Waals surface area contributed by atoms with Crippen LogP contribution >= 0.6 is 11.6 Å². The number of nitrogens with two attached hydrogens (primary N) is 1. The highest BCUT2D eigenvalue weighted by molar-refractivity contribution is 6.31. The molecule has 110 valence electrons. The Morgan fingerprint density at radius 2 is 1.81 bits per heavy atom. The summed E-state index contributed by atoms with van der Waals surface area (Å²) in [6, 6.07) is 12.1. The lowest BCUT2D eigenvalue weighted by Crippen LogP contribution is -2.24. The van der Waals surface area contributed by atoms with Crippen molar-refractivity contribution in [2.45, 2.75) is 38.8 Å². The van der Waals surface area contributed by atoms with E-state index < -0.39 is 0 Å². The number of hydrogen-bond acceptors (Lipinski definition) is 2. The lowest BCUT2D eigenvalue weighted by molar-refractivity contribution is 0.138. The molecule has 1 atom stereocenters. The molecule has 1 aliphatic heterocycles. The first-order chi connectivity index (χ1) is 9.85. The second-order valence-electron chi connectivity index (χ2n) is 6.39. The molecule has 0 amide bonds. The van der Waals surface area contributed by atoms with Crippen LogP contribution in [0.3, 0.4) is 0 Å². The lowest BCUT2D eigenvalue weighted by Gasteiger charge is -2.16. The molecule has 2 nitrogen and oxygen atoms in total. The van der Waals surface area contributed by atoms with Crippen molar-refractivity contribution >= 4 is 11.6 Å². The largest absolute Gasteiger partial charge is 0.487 e. The van der Waals surface area contributed by atoms with Crippen LogP contribution in [0.5, 0.6) is 5.75 Å². The average molecular weight is 302 g/mol. The van der Waals surface area contributed by atoms with E-state index in [4.69, 9.17) is 22.1 Å². The van der Waals surface area contributed by atoms with Gasteiger partial charge in [-0.15, -0.1) is 0 Å². The highest BCUT2D eigenvalue weighted by atomic mass is 35.5. The number of ether oxygens (including phenoxy) is 1. The fourth-order valence-electron chi connectivity index (χ4n) is 2.82. The molecule has 0 radical (unpaired) electrons. The molecule has 0 saturated carbocycles. The van der Waals surface area contributed by atoms with Crippen molar-refractivity contribution in [3.05, 3.63) is 63.7 Å².